The van der Waals surface area contributed by atoms with Crippen molar-refractivity contribution in [3.8, 4) is 0 Å². The molecule has 1 fully saturated rings. The summed E-state index contributed by atoms with van der Waals surface area (Å²) in [6.07, 6.45) is 4.06. The fourth-order valence-electron chi connectivity index (χ4n) is 1.65. The van der Waals surface area contributed by atoms with Gasteiger partial charge in [-0.25, -0.2) is 0 Å². The molecule has 0 unspecified atom stereocenters. The van der Waals surface area contributed by atoms with E-state index in [1.165, 1.54) is 12.8 Å². The largest absolute Gasteiger partial charge is 0.459 e. The van der Waals surface area contributed by atoms with Crippen molar-refractivity contribution in [3.63, 3.8) is 0 Å². The average molecular weight is 207 g/mol. The number of rotatable bonds is 4. The van der Waals surface area contributed by atoms with Gasteiger partial charge in [0.15, 0.2) is 5.76 Å². The molecular formula is C12H17NO2. The van der Waals surface area contributed by atoms with Gasteiger partial charge in [-0.15, -0.1) is 0 Å². The number of hydrogen-bond acceptors (Lipinski definition) is 2. The van der Waals surface area contributed by atoms with E-state index in [4.69, 9.17) is 4.42 Å². The molecule has 0 radical (unpaired) electrons. The van der Waals surface area contributed by atoms with Crippen molar-refractivity contribution in [2.24, 2.45) is 5.92 Å². The Hall–Kier alpha value is -1.25. The molecule has 15 heavy (non-hydrogen) atoms. The second kappa shape index (κ2) is 4.09. The van der Waals surface area contributed by atoms with E-state index in [1.54, 1.807) is 18.4 Å². The van der Waals surface area contributed by atoms with Crippen LogP contribution in [-0.2, 0) is 0 Å². The minimum absolute atomic E-state index is 0.0156. The first kappa shape index (κ1) is 10.3. The lowest BCUT2D eigenvalue weighted by Crippen LogP contribution is -2.38. The van der Waals surface area contributed by atoms with E-state index in [0.717, 1.165) is 6.54 Å². The SMILES string of the molecule is CC(C)N(CC1CC1)C(=O)c1ccco1. The number of hydrogen-bond donors (Lipinski definition) is 0. The van der Waals surface area contributed by atoms with E-state index >= 15 is 0 Å². The van der Waals surface area contributed by atoms with Crippen LogP contribution in [0.3, 0.4) is 0 Å². The smallest absolute Gasteiger partial charge is 0.289 e. The first-order chi connectivity index (χ1) is 7.18. The number of nitrogens with zero attached hydrogens (tertiary/aromatic N) is 1. The predicted octanol–water partition coefficient (Wildman–Crippen LogP) is 2.54. The van der Waals surface area contributed by atoms with E-state index in [9.17, 15) is 4.79 Å². The molecular weight excluding hydrogens is 190 g/mol. The molecule has 1 heterocycles. The monoisotopic (exact) mass is 207 g/mol. The van der Waals surface area contributed by atoms with Crippen molar-refractivity contribution in [2.75, 3.05) is 6.54 Å². The van der Waals surface area contributed by atoms with E-state index in [1.807, 2.05) is 18.7 Å². The maximum absolute atomic E-state index is 12.0. The van der Waals surface area contributed by atoms with Crippen LogP contribution in [0.5, 0.6) is 0 Å². The highest BCUT2D eigenvalue weighted by molar-refractivity contribution is 5.91. The van der Waals surface area contributed by atoms with Crippen molar-refractivity contribution >= 4 is 5.91 Å². The molecule has 0 atom stereocenters. The Morgan fingerprint density at radius 1 is 1.60 bits per heavy atom. The second-order valence-corrected chi connectivity index (χ2v) is 4.47. The first-order valence-electron chi connectivity index (χ1n) is 5.53. The zero-order valence-electron chi connectivity index (χ0n) is 9.27. The molecule has 1 saturated carbocycles. The molecule has 1 aliphatic rings. The molecule has 0 N–H and O–H groups in total. The summed E-state index contributed by atoms with van der Waals surface area (Å²) in [5.41, 5.74) is 0. The van der Waals surface area contributed by atoms with Crippen LogP contribution in [0.15, 0.2) is 22.8 Å². The maximum atomic E-state index is 12.0. The van der Waals surface area contributed by atoms with E-state index in [2.05, 4.69) is 0 Å². The molecule has 1 aromatic heterocycles. The average Bonchev–Trinajstić information content (AvgIpc) is 2.84. The van der Waals surface area contributed by atoms with Gasteiger partial charge in [0.1, 0.15) is 0 Å². The molecule has 0 aromatic carbocycles. The summed E-state index contributed by atoms with van der Waals surface area (Å²) < 4.78 is 5.14. The van der Waals surface area contributed by atoms with Crippen LogP contribution >= 0.6 is 0 Å². The van der Waals surface area contributed by atoms with Crippen LogP contribution in [0, 0.1) is 5.92 Å². The topological polar surface area (TPSA) is 33.5 Å². The van der Waals surface area contributed by atoms with Crippen LogP contribution in [0.2, 0.25) is 0 Å². The Bertz CT molecular complexity index is 325. The van der Waals surface area contributed by atoms with Gasteiger partial charge in [0.05, 0.1) is 6.26 Å². The number of amides is 1. The first-order valence-corrected chi connectivity index (χ1v) is 5.53. The third kappa shape index (κ3) is 2.41. The minimum atomic E-state index is 0.0156. The van der Waals surface area contributed by atoms with Crippen LogP contribution in [0.1, 0.15) is 37.2 Å². The lowest BCUT2D eigenvalue weighted by atomic mass is 10.2. The molecule has 1 aromatic rings. The second-order valence-electron chi connectivity index (χ2n) is 4.47. The summed E-state index contributed by atoms with van der Waals surface area (Å²) in [6, 6.07) is 3.72. The summed E-state index contributed by atoms with van der Waals surface area (Å²) >= 11 is 0. The summed E-state index contributed by atoms with van der Waals surface area (Å²) in [6.45, 7) is 4.96. The molecule has 2 rings (SSSR count). The van der Waals surface area contributed by atoms with Gasteiger partial charge >= 0.3 is 0 Å². The normalized spacial score (nSPS) is 15.7. The third-order valence-corrected chi connectivity index (χ3v) is 2.77. The Morgan fingerprint density at radius 3 is 2.80 bits per heavy atom. The molecule has 1 amide bonds. The van der Waals surface area contributed by atoms with Gasteiger partial charge in [0.25, 0.3) is 5.91 Å². The van der Waals surface area contributed by atoms with Crippen LogP contribution in [-0.4, -0.2) is 23.4 Å². The molecule has 3 heteroatoms. The predicted molar refractivity (Wildman–Crippen MR) is 57.6 cm³/mol. The van der Waals surface area contributed by atoms with Crippen LogP contribution in [0.25, 0.3) is 0 Å². The van der Waals surface area contributed by atoms with Crippen molar-refractivity contribution in [1.82, 2.24) is 4.90 Å². The van der Waals surface area contributed by atoms with Gasteiger partial charge in [-0.3, -0.25) is 4.79 Å². The van der Waals surface area contributed by atoms with Gasteiger partial charge in [-0.2, -0.15) is 0 Å². The molecule has 82 valence electrons. The quantitative estimate of drug-likeness (QED) is 0.760. The lowest BCUT2D eigenvalue weighted by molar-refractivity contribution is 0.0663. The van der Waals surface area contributed by atoms with E-state index in [0.29, 0.717) is 11.7 Å². The minimum Gasteiger partial charge on any atom is -0.459 e. The van der Waals surface area contributed by atoms with Gasteiger partial charge in [-0.05, 0) is 44.7 Å². The molecule has 0 bridgehead atoms. The van der Waals surface area contributed by atoms with Gasteiger partial charge in [-0.1, -0.05) is 0 Å². The molecule has 3 nitrogen and oxygen atoms in total. The summed E-state index contributed by atoms with van der Waals surface area (Å²) in [5, 5.41) is 0. The Balaban J connectivity index is 2.06. The lowest BCUT2D eigenvalue weighted by Gasteiger charge is -2.25. The summed E-state index contributed by atoms with van der Waals surface area (Å²) in [4.78, 5) is 13.9. The van der Waals surface area contributed by atoms with Crippen molar-refractivity contribution in [2.45, 2.75) is 32.7 Å². The van der Waals surface area contributed by atoms with Crippen LogP contribution in [0.4, 0.5) is 0 Å². The summed E-state index contributed by atoms with van der Waals surface area (Å²) in [5.74, 6) is 1.18. The standard InChI is InChI=1S/C12H17NO2/c1-9(2)13(8-10-5-6-10)12(14)11-4-3-7-15-11/h3-4,7,9-10H,5-6,8H2,1-2H3. The fourth-order valence-corrected chi connectivity index (χ4v) is 1.65. The third-order valence-electron chi connectivity index (χ3n) is 2.77. The number of furan rings is 1. The van der Waals surface area contributed by atoms with Crippen LogP contribution < -0.4 is 0 Å². The Kier molecular flexibility index (Phi) is 2.80. The van der Waals surface area contributed by atoms with Crippen molar-refractivity contribution in [1.29, 1.82) is 0 Å². The van der Waals surface area contributed by atoms with Gasteiger partial charge in [0.2, 0.25) is 0 Å². The molecule has 1 aliphatic carbocycles. The Labute approximate surface area is 90.1 Å². The van der Waals surface area contributed by atoms with Gasteiger partial charge < -0.3 is 9.32 Å². The van der Waals surface area contributed by atoms with Gasteiger partial charge in [0, 0.05) is 12.6 Å². The summed E-state index contributed by atoms with van der Waals surface area (Å²) in [7, 11) is 0. The highest BCUT2D eigenvalue weighted by atomic mass is 16.3. The maximum Gasteiger partial charge on any atom is 0.289 e. The van der Waals surface area contributed by atoms with Crippen molar-refractivity contribution in [3.05, 3.63) is 24.2 Å². The van der Waals surface area contributed by atoms with E-state index < -0.39 is 0 Å². The van der Waals surface area contributed by atoms with E-state index in [-0.39, 0.29) is 11.9 Å². The highest BCUT2D eigenvalue weighted by Crippen LogP contribution is 2.30. The number of carbonyl (C=O) groups excluding carboxylic acids is 1. The molecule has 0 saturated heterocycles. The van der Waals surface area contributed by atoms with Crippen molar-refractivity contribution < 1.29 is 9.21 Å². The highest BCUT2D eigenvalue weighted by Gasteiger charge is 2.29. The molecule has 0 aliphatic heterocycles. The zero-order valence-corrected chi connectivity index (χ0v) is 9.27. The Morgan fingerprint density at radius 2 is 2.33 bits per heavy atom. The zero-order chi connectivity index (χ0) is 10.8. The molecule has 0 spiro atoms. The fraction of sp³-hybridized carbons (Fsp3) is 0.583. The number of carbonyl (C=O) groups is 1.